The van der Waals surface area contributed by atoms with Crippen LogP contribution in [0.5, 0.6) is 0 Å². The van der Waals surface area contributed by atoms with Gasteiger partial charge in [0, 0.05) is 32.4 Å². The number of hydrogen-bond acceptors (Lipinski definition) is 3. The second kappa shape index (κ2) is 6.00. The molecule has 1 aliphatic carbocycles. The van der Waals surface area contributed by atoms with Gasteiger partial charge in [0.05, 0.1) is 6.33 Å². The van der Waals surface area contributed by atoms with Crippen molar-refractivity contribution < 1.29 is 4.79 Å². The van der Waals surface area contributed by atoms with Crippen molar-refractivity contribution in [3.63, 3.8) is 0 Å². The predicted octanol–water partition coefficient (Wildman–Crippen LogP) is 1.25. The number of imidazole rings is 1. The summed E-state index contributed by atoms with van der Waals surface area (Å²) in [5.74, 6) is 0.0256. The highest BCUT2D eigenvalue weighted by Crippen LogP contribution is 2.22. The van der Waals surface area contributed by atoms with Gasteiger partial charge in [-0.2, -0.15) is 0 Å². The van der Waals surface area contributed by atoms with Crippen molar-refractivity contribution in [1.29, 1.82) is 0 Å². The second-order valence-corrected chi connectivity index (χ2v) is 4.99. The van der Waals surface area contributed by atoms with E-state index in [1.165, 1.54) is 19.3 Å². The molecule has 1 fully saturated rings. The Morgan fingerprint density at radius 2 is 2.22 bits per heavy atom. The molecule has 1 aliphatic rings. The Labute approximate surface area is 108 Å². The van der Waals surface area contributed by atoms with Gasteiger partial charge in [0.2, 0.25) is 0 Å². The summed E-state index contributed by atoms with van der Waals surface area (Å²) >= 11 is 0. The van der Waals surface area contributed by atoms with Crippen LogP contribution in [0.4, 0.5) is 0 Å². The molecular formula is C13H22N4O. The van der Waals surface area contributed by atoms with Gasteiger partial charge >= 0.3 is 0 Å². The number of hydrogen-bond donors (Lipinski definition) is 1. The molecule has 2 N–H and O–H groups in total. The maximum atomic E-state index is 12.3. The third-order valence-corrected chi connectivity index (χ3v) is 3.68. The van der Waals surface area contributed by atoms with Crippen molar-refractivity contribution in [3.8, 4) is 0 Å². The molecule has 0 atom stereocenters. The van der Waals surface area contributed by atoms with Crippen LogP contribution in [0, 0.1) is 0 Å². The van der Waals surface area contributed by atoms with Crippen LogP contribution in [0.1, 0.15) is 42.6 Å². The van der Waals surface area contributed by atoms with Crippen molar-refractivity contribution in [1.82, 2.24) is 14.5 Å². The number of aromatic nitrogens is 2. The molecule has 2 rings (SSSR count). The lowest BCUT2D eigenvalue weighted by Crippen LogP contribution is -2.38. The third kappa shape index (κ3) is 2.90. The molecule has 5 nitrogen and oxygen atoms in total. The van der Waals surface area contributed by atoms with Crippen LogP contribution in [-0.4, -0.2) is 40.0 Å². The Balaban J connectivity index is 2.00. The normalized spacial score (nSPS) is 16.8. The van der Waals surface area contributed by atoms with E-state index in [1.807, 2.05) is 16.5 Å². The summed E-state index contributed by atoms with van der Waals surface area (Å²) in [6.45, 7) is 1.26. The lowest BCUT2D eigenvalue weighted by Gasteiger charge is -2.30. The Kier molecular flexibility index (Phi) is 4.36. The van der Waals surface area contributed by atoms with Crippen molar-refractivity contribution in [2.24, 2.45) is 5.73 Å². The highest BCUT2D eigenvalue weighted by atomic mass is 16.2. The lowest BCUT2D eigenvalue weighted by molar-refractivity contribution is 0.0690. The van der Waals surface area contributed by atoms with E-state index in [1.54, 1.807) is 12.5 Å². The molecule has 0 radical (unpaired) electrons. The average molecular weight is 250 g/mol. The largest absolute Gasteiger partial charge is 0.337 e. The molecule has 5 heteroatoms. The predicted molar refractivity (Wildman–Crippen MR) is 70.2 cm³/mol. The third-order valence-electron chi connectivity index (χ3n) is 3.68. The minimum Gasteiger partial charge on any atom is -0.337 e. The van der Waals surface area contributed by atoms with Crippen LogP contribution in [0.3, 0.4) is 0 Å². The van der Waals surface area contributed by atoms with Crippen LogP contribution in [-0.2, 0) is 6.54 Å². The maximum absolute atomic E-state index is 12.3. The number of rotatable bonds is 4. The fourth-order valence-corrected chi connectivity index (χ4v) is 2.56. The Hall–Kier alpha value is -1.36. The quantitative estimate of drug-likeness (QED) is 0.874. The molecule has 0 spiro atoms. The van der Waals surface area contributed by atoms with Crippen LogP contribution in [0.2, 0.25) is 0 Å². The number of nitrogens with two attached hydrogens (primary N) is 1. The van der Waals surface area contributed by atoms with Crippen molar-refractivity contribution in [2.75, 3.05) is 13.6 Å². The highest BCUT2D eigenvalue weighted by Gasteiger charge is 2.24. The molecule has 0 aromatic carbocycles. The molecule has 1 saturated carbocycles. The Morgan fingerprint density at radius 3 is 2.89 bits per heavy atom. The van der Waals surface area contributed by atoms with Crippen LogP contribution in [0.15, 0.2) is 12.5 Å². The summed E-state index contributed by atoms with van der Waals surface area (Å²) in [4.78, 5) is 18.3. The standard InChI is InChI=1S/C13H22N4O/c1-16(11-5-3-2-4-6-11)13(18)12-9-17(8-7-14)10-15-12/h9-11H,2-8,14H2,1H3. The van der Waals surface area contributed by atoms with Crippen molar-refractivity contribution in [2.45, 2.75) is 44.7 Å². The summed E-state index contributed by atoms with van der Waals surface area (Å²) in [7, 11) is 1.89. The van der Waals surface area contributed by atoms with Gasteiger partial charge in [-0.1, -0.05) is 19.3 Å². The fourth-order valence-electron chi connectivity index (χ4n) is 2.56. The van der Waals surface area contributed by atoms with Crippen LogP contribution in [0.25, 0.3) is 0 Å². The van der Waals surface area contributed by atoms with E-state index >= 15 is 0 Å². The van der Waals surface area contributed by atoms with Crippen molar-refractivity contribution in [3.05, 3.63) is 18.2 Å². The first-order chi connectivity index (χ1) is 8.72. The number of nitrogens with zero attached hydrogens (tertiary/aromatic N) is 3. The molecule has 1 aromatic heterocycles. The lowest BCUT2D eigenvalue weighted by atomic mass is 9.94. The zero-order chi connectivity index (χ0) is 13.0. The van der Waals surface area contributed by atoms with Gasteiger partial charge in [-0.3, -0.25) is 4.79 Å². The minimum atomic E-state index is 0.0256. The van der Waals surface area contributed by atoms with Gasteiger partial charge in [0.25, 0.3) is 5.91 Å². The van der Waals surface area contributed by atoms with Gasteiger partial charge in [0.1, 0.15) is 5.69 Å². The fraction of sp³-hybridized carbons (Fsp3) is 0.692. The average Bonchev–Trinajstić information content (AvgIpc) is 2.87. The smallest absolute Gasteiger partial charge is 0.274 e. The van der Waals surface area contributed by atoms with Gasteiger partial charge < -0.3 is 15.2 Å². The summed E-state index contributed by atoms with van der Waals surface area (Å²) in [5, 5.41) is 0. The number of carbonyl (C=O) groups is 1. The monoisotopic (exact) mass is 250 g/mol. The van der Waals surface area contributed by atoms with Crippen molar-refractivity contribution >= 4 is 5.91 Å². The van der Waals surface area contributed by atoms with E-state index < -0.39 is 0 Å². The van der Waals surface area contributed by atoms with Crippen LogP contribution < -0.4 is 5.73 Å². The molecule has 100 valence electrons. The van der Waals surface area contributed by atoms with Gasteiger partial charge in [0.15, 0.2) is 0 Å². The van der Waals surface area contributed by atoms with Gasteiger partial charge in [-0.15, -0.1) is 0 Å². The van der Waals surface area contributed by atoms with E-state index in [-0.39, 0.29) is 5.91 Å². The maximum Gasteiger partial charge on any atom is 0.274 e. The summed E-state index contributed by atoms with van der Waals surface area (Å²) < 4.78 is 1.86. The first-order valence-corrected chi connectivity index (χ1v) is 6.71. The zero-order valence-electron chi connectivity index (χ0n) is 11.0. The summed E-state index contributed by atoms with van der Waals surface area (Å²) in [6.07, 6.45) is 9.44. The van der Waals surface area contributed by atoms with E-state index in [0.29, 0.717) is 24.8 Å². The topological polar surface area (TPSA) is 64.2 Å². The number of amides is 1. The summed E-state index contributed by atoms with van der Waals surface area (Å²) in [6, 6.07) is 0.380. The van der Waals surface area contributed by atoms with E-state index in [4.69, 9.17) is 5.73 Å². The molecular weight excluding hydrogens is 228 g/mol. The van der Waals surface area contributed by atoms with E-state index in [2.05, 4.69) is 4.98 Å². The second-order valence-electron chi connectivity index (χ2n) is 4.99. The molecule has 0 bridgehead atoms. The Morgan fingerprint density at radius 1 is 1.50 bits per heavy atom. The summed E-state index contributed by atoms with van der Waals surface area (Å²) in [5.41, 5.74) is 6.00. The SMILES string of the molecule is CN(C(=O)c1cn(CCN)cn1)C1CCCCC1. The van der Waals surface area contributed by atoms with Gasteiger partial charge in [-0.25, -0.2) is 4.98 Å². The zero-order valence-corrected chi connectivity index (χ0v) is 11.0. The Bertz CT molecular complexity index is 395. The molecule has 0 unspecified atom stereocenters. The molecule has 1 amide bonds. The van der Waals surface area contributed by atoms with E-state index in [0.717, 1.165) is 12.8 Å². The molecule has 1 heterocycles. The first-order valence-electron chi connectivity index (χ1n) is 6.71. The van der Waals surface area contributed by atoms with Crippen LogP contribution >= 0.6 is 0 Å². The molecule has 0 saturated heterocycles. The minimum absolute atomic E-state index is 0.0256. The number of carbonyl (C=O) groups excluding carboxylic acids is 1. The van der Waals surface area contributed by atoms with E-state index in [9.17, 15) is 4.79 Å². The highest BCUT2D eigenvalue weighted by molar-refractivity contribution is 5.92. The first kappa shape index (κ1) is 13.1. The molecule has 0 aliphatic heterocycles. The molecule has 1 aromatic rings. The molecule has 18 heavy (non-hydrogen) atoms. The van der Waals surface area contributed by atoms with Gasteiger partial charge in [-0.05, 0) is 12.8 Å².